The second kappa shape index (κ2) is 8.32. The van der Waals surface area contributed by atoms with Crippen molar-refractivity contribution in [1.29, 1.82) is 5.26 Å². The fourth-order valence-corrected chi connectivity index (χ4v) is 5.87. The molecule has 1 aromatic rings. The summed E-state index contributed by atoms with van der Waals surface area (Å²) in [5.74, 6) is 0.640. The van der Waals surface area contributed by atoms with E-state index in [4.69, 9.17) is 0 Å². The fourth-order valence-electron chi connectivity index (χ4n) is 4.58. The van der Waals surface area contributed by atoms with Crippen LogP contribution >= 0.6 is 11.3 Å². The van der Waals surface area contributed by atoms with Crippen molar-refractivity contribution in [3.63, 3.8) is 0 Å². The summed E-state index contributed by atoms with van der Waals surface area (Å²) < 4.78 is 0. The molecule has 1 fully saturated rings. The number of nitriles is 1. The highest BCUT2D eigenvalue weighted by atomic mass is 32.1. The Bertz CT molecular complexity index is 719. The first-order valence-electron chi connectivity index (χ1n) is 10.3. The van der Waals surface area contributed by atoms with Crippen molar-refractivity contribution in [3.8, 4) is 6.07 Å². The van der Waals surface area contributed by atoms with Crippen molar-refractivity contribution < 1.29 is 4.79 Å². The lowest BCUT2D eigenvalue weighted by Gasteiger charge is -2.33. The van der Waals surface area contributed by atoms with Crippen molar-refractivity contribution in [2.75, 3.05) is 18.9 Å². The molecule has 0 aromatic carbocycles. The minimum atomic E-state index is 0.00513. The molecule has 4 nitrogen and oxygen atoms in total. The highest BCUT2D eigenvalue weighted by Crippen LogP contribution is 2.44. The zero-order valence-electron chi connectivity index (χ0n) is 17.2. The Labute approximate surface area is 167 Å². The summed E-state index contributed by atoms with van der Waals surface area (Å²) in [6.45, 7) is 7.30. The van der Waals surface area contributed by atoms with E-state index in [-0.39, 0.29) is 11.3 Å². The van der Waals surface area contributed by atoms with E-state index in [2.05, 4.69) is 37.1 Å². The van der Waals surface area contributed by atoms with Gasteiger partial charge < -0.3 is 5.32 Å². The minimum absolute atomic E-state index is 0.00513. The maximum atomic E-state index is 12.6. The smallest absolute Gasteiger partial charge is 0.239 e. The second-order valence-electron chi connectivity index (χ2n) is 9.38. The Hall–Kier alpha value is -1.38. The first-order chi connectivity index (χ1) is 12.8. The third-order valence-electron chi connectivity index (χ3n) is 6.45. The van der Waals surface area contributed by atoms with Crippen molar-refractivity contribution in [2.45, 2.75) is 78.2 Å². The largest absolute Gasteiger partial charge is 0.315 e. The van der Waals surface area contributed by atoms with Gasteiger partial charge in [0.2, 0.25) is 5.91 Å². The third kappa shape index (κ3) is 4.73. The van der Waals surface area contributed by atoms with E-state index in [9.17, 15) is 10.1 Å². The van der Waals surface area contributed by atoms with Crippen molar-refractivity contribution in [3.05, 3.63) is 16.0 Å². The van der Waals surface area contributed by atoms with Crippen LogP contribution in [-0.2, 0) is 17.6 Å². The molecule has 1 saturated carbocycles. The highest BCUT2D eigenvalue weighted by molar-refractivity contribution is 7.16. The number of anilines is 1. The van der Waals surface area contributed by atoms with Crippen LogP contribution in [0.4, 0.5) is 5.00 Å². The van der Waals surface area contributed by atoms with Gasteiger partial charge in [-0.2, -0.15) is 5.26 Å². The highest BCUT2D eigenvalue weighted by Gasteiger charge is 2.32. The molecule has 0 bridgehead atoms. The maximum Gasteiger partial charge on any atom is 0.239 e. The van der Waals surface area contributed by atoms with E-state index < -0.39 is 0 Å². The molecule has 27 heavy (non-hydrogen) atoms. The van der Waals surface area contributed by atoms with Crippen LogP contribution < -0.4 is 5.32 Å². The van der Waals surface area contributed by atoms with Crippen LogP contribution in [0.5, 0.6) is 0 Å². The molecule has 0 radical (unpaired) electrons. The lowest BCUT2D eigenvalue weighted by molar-refractivity contribution is -0.117. The monoisotopic (exact) mass is 387 g/mol. The Kier molecular flexibility index (Phi) is 6.28. The van der Waals surface area contributed by atoms with Gasteiger partial charge in [-0.15, -0.1) is 11.3 Å². The number of carbonyl (C=O) groups is 1. The molecule has 1 atom stereocenters. The van der Waals surface area contributed by atoms with Gasteiger partial charge in [-0.1, -0.05) is 40.0 Å². The first-order valence-corrected chi connectivity index (χ1v) is 11.2. The number of amides is 1. The molecule has 0 spiro atoms. The molecular weight excluding hydrogens is 354 g/mol. The summed E-state index contributed by atoms with van der Waals surface area (Å²) in [6.07, 6.45) is 9.33. The molecule has 2 aliphatic rings. The van der Waals surface area contributed by atoms with E-state index in [1.807, 2.05) is 7.05 Å². The SMILES string of the molecule is CN(CC(=O)Nc1sc2c(c1C#N)CCC(C(C)(C)C)C2)C1CCCCC1. The zero-order chi connectivity index (χ0) is 19.6. The molecule has 3 rings (SSSR count). The molecule has 1 amide bonds. The van der Waals surface area contributed by atoms with Gasteiger partial charge >= 0.3 is 0 Å². The predicted molar refractivity (Wildman–Crippen MR) is 112 cm³/mol. The average molecular weight is 388 g/mol. The van der Waals surface area contributed by atoms with Crippen molar-refractivity contribution in [1.82, 2.24) is 4.90 Å². The summed E-state index contributed by atoms with van der Waals surface area (Å²) in [5.41, 5.74) is 2.16. The number of hydrogen-bond acceptors (Lipinski definition) is 4. The van der Waals surface area contributed by atoms with Gasteiger partial charge in [-0.25, -0.2) is 0 Å². The third-order valence-corrected chi connectivity index (χ3v) is 7.62. The van der Waals surface area contributed by atoms with Gasteiger partial charge in [0.15, 0.2) is 0 Å². The molecular formula is C22H33N3OS. The Morgan fingerprint density at radius 1 is 1.26 bits per heavy atom. The van der Waals surface area contributed by atoms with Crippen LogP contribution in [0.3, 0.4) is 0 Å². The summed E-state index contributed by atoms with van der Waals surface area (Å²) in [5, 5.41) is 13.5. The van der Waals surface area contributed by atoms with E-state index in [0.29, 0.717) is 24.1 Å². The number of nitrogens with one attached hydrogen (secondary N) is 1. The quantitative estimate of drug-likeness (QED) is 0.793. The molecule has 148 valence electrons. The molecule has 1 unspecified atom stereocenters. The summed E-state index contributed by atoms with van der Waals surface area (Å²) in [6, 6.07) is 2.88. The average Bonchev–Trinajstić information content (AvgIpc) is 2.97. The Balaban J connectivity index is 1.67. The van der Waals surface area contributed by atoms with Crippen LogP contribution in [-0.4, -0.2) is 30.4 Å². The van der Waals surface area contributed by atoms with Crippen LogP contribution in [0.2, 0.25) is 0 Å². The molecule has 1 heterocycles. The molecule has 0 saturated heterocycles. The van der Waals surface area contributed by atoms with Gasteiger partial charge in [0.25, 0.3) is 0 Å². The minimum Gasteiger partial charge on any atom is -0.315 e. The summed E-state index contributed by atoms with van der Waals surface area (Å²) >= 11 is 1.62. The molecule has 1 aromatic heterocycles. The zero-order valence-corrected chi connectivity index (χ0v) is 18.0. The number of thiophene rings is 1. The maximum absolute atomic E-state index is 12.6. The van der Waals surface area contributed by atoms with Crippen LogP contribution in [0.25, 0.3) is 0 Å². The molecule has 1 N–H and O–H groups in total. The van der Waals surface area contributed by atoms with E-state index in [1.54, 1.807) is 11.3 Å². The number of nitrogens with zero attached hydrogens (tertiary/aromatic N) is 2. The van der Waals surface area contributed by atoms with E-state index >= 15 is 0 Å². The van der Waals surface area contributed by atoms with E-state index in [1.165, 1.54) is 42.5 Å². The van der Waals surface area contributed by atoms with Gasteiger partial charge in [0, 0.05) is 10.9 Å². The Morgan fingerprint density at radius 3 is 2.59 bits per heavy atom. The standard InChI is InChI=1S/C22H33N3OS/c1-22(2,3)15-10-11-17-18(13-23)21(27-19(17)12-15)24-20(26)14-25(4)16-8-6-5-7-9-16/h15-16H,5-12,14H2,1-4H3,(H,24,26). The number of carbonyl (C=O) groups excluding carboxylic acids is 1. The number of likely N-dealkylation sites (N-methyl/N-ethyl adjacent to an activating group) is 1. The molecule has 2 aliphatic carbocycles. The van der Waals surface area contributed by atoms with Crippen molar-refractivity contribution >= 4 is 22.2 Å². The Morgan fingerprint density at radius 2 is 1.96 bits per heavy atom. The van der Waals surface area contributed by atoms with Gasteiger partial charge in [0.1, 0.15) is 11.1 Å². The topological polar surface area (TPSA) is 56.1 Å². The van der Waals surface area contributed by atoms with E-state index in [0.717, 1.165) is 24.3 Å². The van der Waals surface area contributed by atoms with Crippen LogP contribution in [0, 0.1) is 22.7 Å². The van der Waals surface area contributed by atoms with Gasteiger partial charge in [-0.05, 0) is 56.0 Å². The predicted octanol–water partition coefficient (Wildman–Crippen LogP) is 4.97. The fraction of sp³-hybridized carbons (Fsp3) is 0.727. The number of fused-ring (bicyclic) bond motifs is 1. The molecule has 0 aliphatic heterocycles. The molecule has 5 heteroatoms. The number of rotatable bonds is 4. The normalized spacial score (nSPS) is 21.0. The van der Waals surface area contributed by atoms with Crippen LogP contribution in [0.15, 0.2) is 0 Å². The summed E-state index contributed by atoms with van der Waals surface area (Å²) in [4.78, 5) is 16.1. The first kappa shape index (κ1) is 20.4. The summed E-state index contributed by atoms with van der Waals surface area (Å²) in [7, 11) is 2.05. The lowest BCUT2D eigenvalue weighted by atomic mass is 9.72. The lowest BCUT2D eigenvalue weighted by Crippen LogP contribution is -2.39. The second-order valence-corrected chi connectivity index (χ2v) is 10.5. The van der Waals surface area contributed by atoms with Gasteiger partial charge in [-0.3, -0.25) is 9.69 Å². The van der Waals surface area contributed by atoms with Crippen LogP contribution in [0.1, 0.15) is 75.3 Å². The number of hydrogen-bond donors (Lipinski definition) is 1. The van der Waals surface area contributed by atoms with Crippen molar-refractivity contribution in [2.24, 2.45) is 11.3 Å². The van der Waals surface area contributed by atoms with Gasteiger partial charge in [0.05, 0.1) is 12.1 Å².